The van der Waals surface area contributed by atoms with Crippen LogP contribution in [0.3, 0.4) is 0 Å². The molecule has 62 valence electrons. The van der Waals surface area contributed by atoms with E-state index in [0.717, 1.165) is 19.5 Å². The molecule has 2 aliphatic rings. The minimum absolute atomic E-state index is 0.556. The van der Waals surface area contributed by atoms with Crippen molar-refractivity contribution in [2.24, 2.45) is 5.41 Å². The van der Waals surface area contributed by atoms with E-state index in [-0.39, 0.29) is 0 Å². The first-order valence-corrected chi connectivity index (χ1v) is 4.54. The van der Waals surface area contributed by atoms with Crippen LogP contribution in [-0.4, -0.2) is 24.4 Å². The van der Waals surface area contributed by atoms with Crippen LogP contribution in [0.25, 0.3) is 0 Å². The standard InChI is InChI=1S/C9H15NO/c11-8-10-6-5-9(7-10)3-1-2-4-9/h8H,1-7H2. The van der Waals surface area contributed by atoms with Crippen molar-refractivity contribution in [3.63, 3.8) is 0 Å². The number of carbonyl (C=O) groups excluding carboxylic acids is 1. The smallest absolute Gasteiger partial charge is 0.209 e. The number of hydrogen-bond acceptors (Lipinski definition) is 1. The van der Waals surface area contributed by atoms with Crippen molar-refractivity contribution in [1.29, 1.82) is 0 Å². The van der Waals surface area contributed by atoms with E-state index in [1.165, 1.54) is 32.1 Å². The molecule has 11 heavy (non-hydrogen) atoms. The highest BCUT2D eigenvalue weighted by molar-refractivity contribution is 5.47. The number of nitrogens with zero attached hydrogens (tertiary/aromatic N) is 1. The van der Waals surface area contributed by atoms with Crippen LogP contribution < -0.4 is 0 Å². The maximum atomic E-state index is 10.5. The van der Waals surface area contributed by atoms with Crippen molar-refractivity contribution in [2.45, 2.75) is 32.1 Å². The molecule has 2 rings (SSSR count). The van der Waals surface area contributed by atoms with Gasteiger partial charge >= 0.3 is 0 Å². The number of rotatable bonds is 1. The largest absolute Gasteiger partial charge is 0.345 e. The van der Waals surface area contributed by atoms with E-state index in [9.17, 15) is 4.79 Å². The molecule has 1 aliphatic heterocycles. The average Bonchev–Trinajstić information content (AvgIpc) is 2.62. The second kappa shape index (κ2) is 2.50. The van der Waals surface area contributed by atoms with Crippen LogP contribution >= 0.6 is 0 Å². The Morgan fingerprint density at radius 2 is 1.91 bits per heavy atom. The summed E-state index contributed by atoms with van der Waals surface area (Å²) in [6.07, 6.45) is 7.74. The van der Waals surface area contributed by atoms with E-state index >= 15 is 0 Å². The Hall–Kier alpha value is -0.530. The highest BCUT2D eigenvalue weighted by atomic mass is 16.1. The lowest BCUT2D eigenvalue weighted by Crippen LogP contribution is -2.23. The molecule has 2 fully saturated rings. The molecular weight excluding hydrogens is 138 g/mol. The van der Waals surface area contributed by atoms with Crippen LogP contribution in [0.2, 0.25) is 0 Å². The van der Waals surface area contributed by atoms with Crippen LogP contribution in [0.4, 0.5) is 0 Å². The summed E-state index contributed by atoms with van der Waals surface area (Å²) >= 11 is 0. The molecule has 0 aromatic rings. The molecule has 1 spiro atoms. The molecule has 0 aromatic carbocycles. The third kappa shape index (κ3) is 1.15. The van der Waals surface area contributed by atoms with Crippen molar-refractivity contribution >= 4 is 6.41 Å². The van der Waals surface area contributed by atoms with E-state index in [0.29, 0.717) is 5.41 Å². The Morgan fingerprint density at radius 3 is 2.45 bits per heavy atom. The van der Waals surface area contributed by atoms with Gasteiger partial charge in [0.1, 0.15) is 0 Å². The lowest BCUT2D eigenvalue weighted by molar-refractivity contribution is -0.117. The first kappa shape index (κ1) is 7.14. The van der Waals surface area contributed by atoms with Gasteiger partial charge < -0.3 is 4.90 Å². The minimum Gasteiger partial charge on any atom is -0.345 e. The summed E-state index contributed by atoms with van der Waals surface area (Å²) in [5.74, 6) is 0. The molecule has 2 heteroatoms. The van der Waals surface area contributed by atoms with E-state index in [4.69, 9.17) is 0 Å². The van der Waals surface area contributed by atoms with Gasteiger partial charge in [-0.3, -0.25) is 4.79 Å². The van der Waals surface area contributed by atoms with Gasteiger partial charge in [-0.1, -0.05) is 12.8 Å². The number of carbonyl (C=O) groups is 1. The molecule has 1 saturated carbocycles. The Morgan fingerprint density at radius 1 is 1.18 bits per heavy atom. The lowest BCUT2D eigenvalue weighted by Gasteiger charge is -2.21. The third-order valence-corrected chi connectivity index (χ3v) is 3.28. The number of likely N-dealkylation sites (tertiary alicyclic amines) is 1. The molecule has 1 amide bonds. The molecule has 2 nitrogen and oxygen atoms in total. The molecule has 1 saturated heterocycles. The predicted molar refractivity (Wildman–Crippen MR) is 43.2 cm³/mol. The van der Waals surface area contributed by atoms with Gasteiger partial charge in [0.25, 0.3) is 0 Å². The molecule has 0 bridgehead atoms. The Labute approximate surface area is 67.6 Å². The van der Waals surface area contributed by atoms with Gasteiger partial charge in [0.15, 0.2) is 0 Å². The van der Waals surface area contributed by atoms with Crippen LogP contribution in [0.5, 0.6) is 0 Å². The summed E-state index contributed by atoms with van der Waals surface area (Å²) in [4.78, 5) is 12.4. The molecule has 0 N–H and O–H groups in total. The van der Waals surface area contributed by atoms with Crippen molar-refractivity contribution < 1.29 is 4.79 Å². The first-order chi connectivity index (χ1) is 5.35. The monoisotopic (exact) mass is 153 g/mol. The first-order valence-electron chi connectivity index (χ1n) is 4.54. The van der Waals surface area contributed by atoms with E-state index in [1.807, 2.05) is 4.90 Å². The fourth-order valence-electron chi connectivity index (χ4n) is 2.59. The van der Waals surface area contributed by atoms with Gasteiger partial charge in [0, 0.05) is 13.1 Å². The topological polar surface area (TPSA) is 20.3 Å². The maximum Gasteiger partial charge on any atom is 0.209 e. The molecule has 0 atom stereocenters. The van der Waals surface area contributed by atoms with Crippen molar-refractivity contribution in [3.05, 3.63) is 0 Å². The van der Waals surface area contributed by atoms with Gasteiger partial charge in [-0.15, -0.1) is 0 Å². The van der Waals surface area contributed by atoms with Crippen LogP contribution in [-0.2, 0) is 4.79 Å². The number of hydrogen-bond donors (Lipinski definition) is 0. The fourth-order valence-corrected chi connectivity index (χ4v) is 2.59. The quantitative estimate of drug-likeness (QED) is 0.521. The summed E-state index contributed by atoms with van der Waals surface area (Å²) < 4.78 is 0. The second-order valence-electron chi connectivity index (χ2n) is 4.03. The molecule has 0 aromatic heterocycles. The summed E-state index contributed by atoms with van der Waals surface area (Å²) in [5.41, 5.74) is 0.556. The summed E-state index contributed by atoms with van der Waals surface area (Å²) in [7, 11) is 0. The third-order valence-electron chi connectivity index (χ3n) is 3.28. The van der Waals surface area contributed by atoms with Gasteiger partial charge in [-0.25, -0.2) is 0 Å². The molecule has 1 aliphatic carbocycles. The SMILES string of the molecule is O=CN1CCC2(CCCC2)C1. The normalized spacial score (nSPS) is 28.2. The Bertz CT molecular complexity index is 161. The molecule has 1 heterocycles. The molecule has 0 unspecified atom stereocenters. The lowest BCUT2D eigenvalue weighted by atomic mass is 9.86. The highest BCUT2D eigenvalue weighted by Gasteiger charge is 2.39. The van der Waals surface area contributed by atoms with E-state index < -0.39 is 0 Å². The van der Waals surface area contributed by atoms with E-state index in [1.54, 1.807) is 0 Å². The van der Waals surface area contributed by atoms with Gasteiger partial charge in [-0.2, -0.15) is 0 Å². The Balaban J connectivity index is 2.01. The van der Waals surface area contributed by atoms with Gasteiger partial charge in [-0.05, 0) is 24.7 Å². The van der Waals surface area contributed by atoms with Gasteiger partial charge in [0.2, 0.25) is 6.41 Å². The number of amides is 1. The summed E-state index contributed by atoms with van der Waals surface area (Å²) in [5, 5.41) is 0. The molecular formula is C9H15NO. The Kier molecular flexibility index (Phi) is 1.63. The summed E-state index contributed by atoms with van der Waals surface area (Å²) in [6, 6.07) is 0. The zero-order valence-electron chi connectivity index (χ0n) is 6.88. The average molecular weight is 153 g/mol. The van der Waals surface area contributed by atoms with Crippen LogP contribution in [0.1, 0.15) is 32.1 Å². The van der Waals surface area contributed by atoms with E-state index in [2.05, 4.69) is 0 Å². The molecule has 0 radical (unpaired) electrons. The van der Waals surface area contributed by atoms with Crippen molar-refractivity contribution in [1.82, 2.24) is 4.90 Å². The predicted octanol–water partition coefficient (Wildman–Crippen LogP) is 1.41. The minimum atomic E-state index is 0.556. The zero-order valence-corrected chi connectivity index (χ0v) is 6.88. The zero-order chi connectivity index (χ0) is 7.73. The maximum absolute atomic E-state index is 10.5. The van der Waals surface area contributed by atoms with Gasteiger partial charge in [0.05, 0.1) is 0 Å². The second-order valence-corrected chi connectivity index (χ2v) is 4.03. The fraction of sp³-hybridized carbons (Fsp3) is 0.889. The van der Waals surface area contributed by atoms with Crippen LogP contribution in [0, 0.1) is 5.41 Å². The van der Waals surface area contributed by atoms with Crippen molar-refractivity contribution in [3.8, 4) is 0 Å². The van der Waals surface area contributed by atoms with Crippen LogP contribution in [0.15, 0.2) is 0 Å². The van der Waals surface area contributed by atoms with Crippen molar-refractivity contribution in [2.75, 3.05) is 13.1 Å². The highest BCUT2D eigenvalue weighted by Crippen LogP contribution is 2.44. The summed E-state index contributed by atoms with van der Waals surface area (Å²) in [6.45, 7) is 2.04.